The maximum absolute atomic E-state index is 10.7. The van der Waals surface area contributed by atoms with Crippen molar-refractivity contribution in [2.45, 2.75) is 63.3 Å². The van der Waals surface area contributed by atoms with Crippen molar-refractivity contribution in [3.05, 3.63) is 64.2 Å². The summed E-state index contributed by atoms with van der Waals surface area (Å²) in [5.41, 5.74) is 2.99. The molecule has 162 valence electrons. The van der Waals surface area contributed by atoms with E-state index in [2.05, 4.69) is 18.2 Å². The molecule has 0 radical (unpaired) electrons. The van der Waals surface area contributed by atoms with Crippen LogP contribution >= 0.6 is 11.6 Å². The number of halogens is 1. The smallest absolute Gasteiger partial charge is 0.119 e. The first-order chi connectivity index (χ1) is 14.5. The molecule has 4 nitrogen and oxygen atoms in total. The van der Waals surface area contributed by atoms with Crippen molar-refractivity contribution in [1.82, 2.24) is 0 Å². The minimum atomic E-state index is -0.360. The lowest BCUT2D eigenvalue weighted by molar-refractivity contribution is -0.253. The summed E-state index contributed by atoms with van der Waals surface area (Å²) in [6.07, 6.45) is 4.30. The molecule has 30 heavy (non-hydrogen) atoms. The molecule has 1 aliphatic heterocycles. The van der Waals surface area contributed by atoms with Crippen molar-refractivity contribution in [2.75, 3.05) is 13.2 Å². The highest BCUT2D eigenvalue weighted by Gasteiger charge is 2.55. The Balaban J connectivity index is 1.52. The van der Waals surface area contributed by atoms with Crippen molar-refractivity contribution < 1.29 is 19.7 Å². The number of fused-ring (bicyclic) bond motifs is 1. The van der Waals surface area contributed by atoms with Gasteiger partial charge in [0.15, 0.2) is 0 Å². The number of ether oxygens (including phenoxy) is 2. The molecule has 0 bridgehead atoms. The van der Waals surface area contributed by atoms with Gasteiger partial charge in [-0.3, -0.25) is 0 Å². The molecule has 2 N–H and O–H groups in total. The Hall–Kier alpha value is -1.59. The summed E-state index contributed by atoms with van der Waals surface area (Å²) in [5.74, 6) is 1.06. The second-order valence-electron chi connectivity index (χ2n) is 8.55. The maximum atomic E-state index is 10.7. The molecule has 5 heteroatoms. The lowest BCUT2D eigenvalue weighted by atomic mass is 9.61. The number of aliphatic hydroxyl groups is 2. The van der Waals surface area contributed by atoms with Crippen LogP contribution in [0, 0.1) is 5.92 Å². The molecule has 0 spiro atoms. The van der Waals surface area contributed by atoms with Crippen molar-refractivity contribution in [2.24, 2.45) is 5.92 Å². The van der Waals surface area contributed by atoms with Gasteiger partial charge in [-0.25, -0.2) is 0 Å². The van der Waals surface area contributed by atoms with E-state index in [0.29, 0.717) is 19.4 Å². The Morgan fingerprint density at radius 1 is 1.20 bits per heavy atom. The van der Waals surface area contributed by atoms with Crippen LogP contribution in [0.2, 0.25) is 5.02 Å². The average Bonchev–Trinajstić information content (AvgIpc) is 2.72. The van der Waals surface area contributed by atoms with E-state index in [1.807, 2.05) is 31.2 Å². The highest BCUT2D eigenvalue weighted by atomic mass is 35.5. The summed E-state index contributed by atoms with van der Waals surface area (Å²) >= 11 is 6.51. The van der Waals surface area contributed by atoms with E-state index in [0.717, 1.165) is 47.6 Å². The van der Waals surface area contributed by atoms with Crippen LogP contribution in [0.25, 0.3) is 0 Å². The fraction of sp³-hybridized carbons (Fsp3) is 0.520. The standard InChI is InChI=1S/C25H31ClO4/c1-2-29-20-7-4-17(5-8-20)14-19-15-18(6-9-22(19)26)24-16-23(28)21-10-12-25(21,30-24)11-3-13-27/h4-9,15,21,23-24,27-28H,2-3,10-14,16H2,1H3/t21-,23?,24?,25?/m1/s1. The lowest BCUT2D eigenvalue weighted by Gasteiger charge is -2.56. The first kappa shape index (κ1) is 21.6. The second-order valence-corrected chi connectivity index (χ2v) is 8.96. The highest BCUT2D eigenvalue weighted by Crippen LogP contribution is 2.54. The highest BCUT2D eigenvalue weighted by molar-refractivity contribution is 6.31. The molecule has 1 saturated carbocycles. The number of benzene rings is 2. The molecule has 3 unspecified atom stereocenters. The number of hydrogen-bond acceptors (Lipinski definition) is 4. The summed E-state index contributed by atoms with van der Waals surface area (Å²) in [6, 6.07) is 14.2. The summed E-state index contributed by atoms with van der Waals surface area (Å²) in [5, 5.41) is 20.8. The topological polar surface area (TPSA) is 58.9 Å². The summed E-state index contributed by atoms with van der Waals surface area (Å²) in [6.45, 7) is 2.79. The van der Waals surface area contributed by atoms with Gasteiger partial charge in [0.25, 0.3) is 0 Å². The van der Waals surface area contributed by atoms with Crippen LogP contribution in [-0.4, -0.2) is 35.1 Å². The fourth-order valence-corrected chi connectivity index (χ4v) is 5.19. The molecular weight excluding hydrogens is 400 g/mol. The van der Waals surface area contributed by atoms with Gasteiger partial charge < -0.3 is 19.7 Å². The van der Waals surface area contributed by atoms with E-state index in [4.69, 9.17) is 21.1 Å². The average molecular weight is 431 g/mol. The van der Waals surface area contributed by atoms with Gasteiger partial charge in [0.1, 0.15) is 5.75 Å². The van der Waals surface area contributed by atoms with E-state index >= 15 is 0 Å². The van der Waals surface area contributed by atoms with Gasteiger partial charge >= 0.3 is 0 Å². The zero-order valence-electron chi connectivity index (χ0n) is 17.5. The summed E-state index contributed by atoms with van der Waals surface area (Å²) in [4.78, 5) is 0. The van der Waals surface area contributed by atoms with Gasteiger partial charge in [-0.1, -0.05) is 35.9 Å². The zero-order chi connectivity index (χ0) is 21.1. The van der Waals surface area contributed by atoms with Gasteiger partial charge in [-0.2, -0.15) is 0 Å². The minimum absolute atomic E-state index is 0.147. The van der Waals surface area contributed by atoms with Crippen molar-refractivity contribution >= 4 is 11.6 Å². The van der Waals surface area contributed by atoms with Gasteiger partial charge in [0, 0.05) is 24.0 Å². The third-order valence-corrected chi connectivity index (χ3v) is 7.05. The maximum Gasteiger partial charge on any atom is 0.119 e. The Bertz CT molecular complexity index is 853. The van der Waals surface area contributed by atoms with Crippen molar-refractivity contribution in [1.29, 1.82) is 0 Å². The van der Waals surface area contributed by atoms with Crippen LogP contribution in [-0.2, 0) is 11.2 Å². The molecule has 1 aliphatic carbocycles. The van der Waals surface area contributed by atoms with Crippen LogP contribution in [0.3, 0.4) is 0 Å². The molecule has 1 saturated heterocycles. The van der Waals surface area contributed by atoms with E-state index in [1.54, 1.807) is 0 Å². The molecule has 0 amide bonds. The summed E-state index contributed by atoms with van der Waals surface area (Å²) in [7, 11) is 0. The van der Waals surface area contributed by atoms with Crippen molar-refractivity contribution in [3.63, 3.8) is 0 Å². The van der Waals surface area contributed by atoms with E-state index in [-0.39, 0.29) is 30.3 Å². The van der Waals surface area contributed by atoms with Crippen molar-refractivity contribution in [3.8, 4) is 5.75 Å². The quantitative estimate of drug-likeness (QED) is 0.613. The molecule has 2 aromatic carbocycles. The number of hydrogen-bond donors (Lipinski definition) is 2. The molecule has 4 atom stereocenters. The number of rotatable bonds is 8. The Kier molecular flexibility index (Phi) is 6.69. The zero-order valence-corrected chi connectivity index (χ0v) is 18.3. The van der Waals surface area contributed by atoms with E-state index in [9.17, 15) is 10.2 Å². The SMILES string of the molecule is CCOc1ccc(Cc2cc(C3CC(O)[C@H]4CCC4(CCCO)O3)ccc2Cl)cc1. The minimum Gasteiger partial charge on any atom is -0.494 e. The van der Waals surface area contributed by atoms with Gasteiger partial charge in [-0.15, -0.1) is 0 Å². The summed E-state index contributed by atoms with van der Waals surface area (Å²) < 4.78 is 12.1. The fourth-order valence-electron chi connectivity index (χ4n) is 5.01. The normalized spacial score (nSPS) is 27.9. The van der Waals surface area contributed by atoms with Crippen LogP contribution in [0.4, 0.5) is 0 Å². The van der Waals surface area contributed by atoms with Crippen LogP contribution in [0.1, 0.15) is 61.8 Å². The van der Waals surface area contributed by atoms with Gasteiger partial charge in [-0.05, 0) is 73.9 Å². The molecule has 0 aromatic heterocycles. The molecule has 2 fully saturated rings. The first-order valence-corrected chi connectivity index (χ1v) is 11.4. The van der Waals surface area contributed by atoms with Gasteiger partial charge in [0.05, 0.1) is 24.4 Å². The third-order valence-electron chi connectivity index (χ3n) is 6.68. The van der Waals surface area contributed by atoms with Crippen LogP contribution in [0.15, 0.2) is 42.5 Å². The number of aliphatic hydroxyl groups excluding tert-OH is 2. The molecular formula is C25H31ClO4. The van der Waals surface area contributed by atoms with Crippen LogP contribution < -0.4 is 4.74 Å². The second kappa shape index (κ2) is 9.27. The molecule has 4 rings (SSSR count). The van der Waals surface area contributed by atoms with E-state index < -0.39 is 0 Å². The van der Waals surface area contributed by atoms with E-state index in [1.165, 1.54) is 5.56 Å². The molecule has 2 aromatic rings. The third kappa shape index (κ3) is 4.38. The Morgan fingerprint density at radius 2 is 2.00 bits per heavy atom. The predicted molar refractivity (Wildman–Crippen MR) is 118 cm³/mol. The molecule has 2 aliphatic rings. The Morgan fingerprint density at radius 3 is 2.67 bits per heavy atom. The largest absolute Gasteiger partial charge is 0.494 e. The van der Waals surface area contributed by atoms with Gasteiger partial charge in [0.2, 0.25) is 0 Å². The Labute approximate surface area is 183 Å². The lowest BCUT2D eigenvalue weighted by Crippen LogP contribution is -2.58. The predicted octanol–water partition coefficient (Wildman–Crippen LogP) is 5.07. The first-order valence-electron chi connectivity index (χ1n) is 11.0. The monoisotopic (exact) mass is 430 g/mol. The van der Waals surface area contributed by atoms with Crippen LogP contribution in [0.5, 0.6) is 5.75 Å². The molecule has 1 heterocycles.